The number of aliphatic carboxylic acids is 1. The van der Waals surface area contributed by atoms with Gasteiger partial charge >= 0.3 is 5.97 Å². The number of oxazole rings is 1. The van der Waals surface area contributed by atoms with Crippen LogP contribution in [-0.4, -0.2) is 34.4 Å². The molecular formula is C11H16N2O3S. The molecule has 5 nitrogen and oxygen atoms in total. The Kier molecular flexibility index (Phi) is 3.44. The van der Waals surface area contributed by atoms with E-state index in [1.54, 1.807) is 13.3 Å². The van der Waals surface area contributed by atoms with Crippen LogP contribution in [0.2, 0.25) is 0 Å². The molecule has 0 spiro atoms. The van der Waals surface area contributed by atoms with Gasteiger partial charge in [0, 0.05) is 5.75 Å². The standard InChI is InChI=1S/C11H16N2O3S/c1-7-5-16-10(13-7)17-6-11(12-2,9(14)15)8-3-4-8/h5,8,12H,3-4,6H2,1-2H3,(H,14,15). The number of carboxylic acids is 1. The average Bonchev–Trinajstić information content (AvgIpc) is 3.04. The number of carbonyl (C=O) groups is 1. The third-order valence-electron chi connectivity index (χ3n) is 3.12. The van der Waals surface area contributed by atoms with Crippen molar-refractivity contribution in [2.24, 2.45) is 5.92 Å². The number of carboxylic acid groups (broad SMARTS) is 1. The SMILES string of the molecule is CNC(CSc1nc(C)co1)(C(=O)O)C1CC1. The number of nitrogens with one attached hydrogen (secondary N) is 1. The minimum Gasteiger partial charge on any atom is -0.480 e. The van der Waals surface area contributed by atoms with Gasteiger partial charge in [0.2, 0.25) is 0 Å². The third-order valence-corrected chi connectivity index (χ3v) is 4.16. The minimum absolute atomic E-state index is 0.216. The summed E-state index contributed by atoms with van der Waals surface area (Å²) in [5.74, 6) is -0.143. The number of rotatable bonds is 6. The highest BCUT2D eigenvalue weighted by molar-refractivity contribution is 7.99. The van der Waals surface area contributed by atoms with Gasteiger partial charge in [-0.05, 0) is 32.7 Å². The maximum atomic E-state index is 11.4. The molecule has 0 aliphatic heterocycles. The molecule has 1 heterocycles. The molecule has 94 valence electrons. The summed E-state index contributed by atoms with van der Waals surface area (Å²) in [5.41, 5.74) is -0.0446. The second-order valence-electron chi connectivity index (χ2n) is 4.34. The van der Waals surface area contributed by atoms with Crippen molar-refractivity contribution in [1.29, 1.82) is 0 Å². The zero-order valence-corrected chi connectivity index (χ0v) is 10.7. The van der Waals surface area contributed by atoms with E-state index in [9.17, 15) is 9.90 Å². The summed E-state index contributed by atoms with van der Waals surface area (Å²) in [6.07, 6.45) is 3.51. The van der Waals surface area contributed by atoms with Gasteiger partial charge in [0.1, 0.15) is 11.8 Å². The van der Waals surface area contributed by atoms with Gasteiger partial charge in [-0.15, -0.1) is 0 Å². The van der Waals surface area contributed by atoms with Crippen LogP contribution >= 0.6 is 11.8 Å². The normalized spacial score (nSPS) is 18.9. The van der Waals surface area contributed by atoms with Crippen molar-refractivity contribution in [2.75, 3.05) is 12.8 Å². The largest absolute Gasteiger partial charge is 0.480 e. The van der Waals surface area contributed by atoms with Gasteiger partial charge in [0.15, 0.2) is 0 Å². The Hall–Kier alpha value is -1.01. The van der Waals surface area contributed by atoms with Crippen LogP contribution in [0.1, 0.15) is 18.5 Å². The van der Waals surface area contributed by atoms with Crippen molar-refractivity contribution in [3.05, 3.63) is 12.0 Å². The lowest BCUT2D eigenvalue weighted by molar-refractivity contribution is -0.144. The smallest absolute Gasteiger partial charge is 0.325 e. The van der Waals surface area contributed by atoms with Crippen LogP contribution in [0.4, 0.5) is 0 Å². The molecule has 1 aliphatic rings. The Balaban J connectivity index is 2.05. The molecule has 1 aromatic heterocycles. The molecule has 1 unspecified atom stereocenters. The maximum Gasteiger partial charge on any atom is 0.325 e. The van der Waals surface area contributed by atoms with E-state index in [-0.39, 0.29) is 5.92 Å². The lowest BCUT2D eigenvalue weighted by atomic mass is 9.96. The molecular weight excluding hydrogens is 240 g/mol. The summed E-state index contributed by atoms with van der Waals surface area (Å²) in [5, 5.41) is 12.9. The molecule has 0 saturated heterocycles. The predicted octanol–water partition coefficient (Wildman–Crippen LogP) is 1.53. The van der Waals surface area contributed by atoms with E-state index in [0.717, 1.165) is 18.5 Å². The van der Waals surface area contributed by atoms with Crippen LogP contribution in [0.3, 0.4) is 0 Å². The number of thioether (sulfide) groups is 1. The second kappa shape index (κ2) is 4.70. The average molecular weight is 256 g/mol. The second-order valence-corrected chi connectivity index (χ2v) is 5.27. The van der Waals surface area contributed by atoms with E-state index in [4.69, 9.17) is 4.42 Å². The van der Waals surface area contributed by atoms with Crippen LogP contribution < -0.4 is 5.32 Å². The molecule has 0 bridgehead atoms. The van der Waals surface area contributed by atoms with Gasteiger partial charge < -0.3 is 14.8 Å². The number of aryl methyl sites for hydroxylation is 1. The Morgan fingerprint density at radius 3 is 2.88 bits per heavy atom. The van der Waals surface area contributed by atoms with Gasteiger partial charge in [0.25, 0.3) is 5.22 Å². The Morgan fingerprint density at radius 2 is 2.47 bits per heavy atom. The van der Waals surface area contributed by atoms with Crippen molar-refractivity contribution in [2.45, 2.75) is 30.5 Å². The zero-order chi connectivity index (χ0) is 12.5. The van der Waals surface area contributed by atoms with E-state index in [1.807, 2.05) is 6.92 Å². The number of hydrogen-bond acceptors (Lipinski definition) is 5. The molecule has 0 amide bonds. The van der Waals surface area contributed by atoms with Crippen LogP contribution in [0.25, 0.3) is 0 Å². The zero-order valence-electron chi connectivity index (χ0n) is 9.90. The number of likely N-dealkylation sites (N-methyl/N-ethyl adjacent to an activating group) is 1. The van der Waals surface area contributed by atoms with E-state index < -0.39 is 11.5 Å². The molecule has 6 heteroatoms. The topological polar surface area (TPSA) is 75.4 Å². The fraction of sp³-hybridized carbons (Fsp3) is 0.636. The van der Waals surface area contributed by atoms with Crippen molar-refractivity contribution in [1.82, 2.24) is 10.3 Å². The molecule has 1 fully saturated rings. The van der Waals surface area contributed by atoms with E-state index >= 15 is 0 Å². The Morgan fingerprint density at radius 1 is 1.76 bits per heavy atom. The van der Waals surface area contributed by atoms with Crippen LogP contribution in [0.5, 0.6) is 0 Å². The van der Waals surface area contributed by atoms with Gasteiger partial charge in [0.05, 0.1) is 5.69 Å². The molecule has 2 N–H and O–H groups in total. The highest BCUT2D eigenvalue weighted by Gasteiger charge is 2.50. The highest BCUT2D eigenvalue weighted by Crippen LogP contribution is 2.42. The van der Waals surface area contributed by atoms with Gasteiger partial charge in [-0.3, -0.25) is 4.79 Å². The maximum absolute atomic E-state index is 11.4. The van der Waals surface area contributed by atoms with Gasteiger partial charge in [-0.2, -0.15) is 0 Å². The first-order chi connectivity index (χ1) is 8.08. The Labute approximate surface area is 104 Å². The highest BCUT2D eigenvalue weighted by atomic mass is 32.2. The lowest BCUT2D eigenvalue weighted by Gasteiger charge is -2.28. The minimum atomic E-state index is -0.854. The summed E-state index contributed by atoms with van der Waals surface area (Å²) < 4.78 is 5.22. The quantitative estimate of drug-likeness (QED) is 0.752. The fourth-order valence-corrected chi connectivity index (χ4v) is 3.07. The molecule has 1 aromatic rings. The molecule has 1 aliphatic carbocycles. The summed E-state index contributed by atoms with van der Waals surface area (Å²) >= 11 is 1.35. The van der Waals surface area contributed by atoms with E-state index in [1.165, 1.54) is 11.8 Å². The molecule has 1 atom stereocenters. The van der Waals surface area contributed by atoms with Crippen molar-refractivity contribution >= 4 is 17.7 Å². The van der Waals surface area contributed by atoms with Crippen molar-refractivity contribution in [3.63, 3.8) is 0 Å². The molecule has 0 radical (unpaired) electrons. The summed E-state index contributed by atoms with van der Waals surface area (Å²) in [7, 11) is 1.70. The van der Waals surface area contributed by atoms with Gasteiger partial charge in [-0.1, -0.05) is 11.8 Å². The lowest BCUT2D eigenvalue weighted by Crippen LogP contribution is -2.54. The first-order valence-corrected chi connectivity index (χ1v) is 6.54. The van der Waals surface area contributed by atoms with Crippen molar-refractivity contribution < 1.29 is 14.3 Å². The number of nitrogens with zero attached hydrogens (tertiary/aromatic N) is 1. The fourth-order valence-electron chi connectivity index (χ4n) is 1.89. The first-order valence-electron chi connectivity index (χ1n) is 5.55. The number of hydrogen-bond donors (Lipinski definition) is 2. The van der Waals surface area contributed by atoms with Crippen molar-refractivity contribution in [3.8, 4) is 0 Å². The molecule has 2 rings (SSSR count). The van der Waals surface area contributed by atoms with Crippen LogP contribution in [-0.2, 0) is 4.79 Å². The Bertz CT molecular complexity index is 417. The third kappa shape index (κ3) is 2.47. The number of aromatic nitrogens is 1. The summed E-state index contributed by atoms with van der Waals surface area (Å²) in [4.78, 5) is 15.6. The summed E-state index contributed by atoms with van der Waals surface area (Å²) in [6.45, 7) is 1.84. The van der Waals surface area contributed by atoms with Gasteiger partial charge in [-0.25, -0.2) is 4.98 Å². The summed E-state index contributed by atoms with van der Waals surface area (Å²) in [6, 6.07) is 0. The monoisotopic (exact) mass is 256 g/mol. The first kappa shape index (κ1) is 12.4. The van der Waals surface area contributed by atoms with Crippen LogP contribution in [0.15, 0.2) is 15.9 Å². The van der Waals surface area contributed by atoms with Crippen LogP contribution in [0, 0.1) is 12.8 Å². The predicted molar refractivity (Wildman–Crippen MR) is 64.1 cm³/mol. The molecule has 0 aromatic carbocycles. The van der Waals surface area contributed by atoms with E-state index in [0.29, 0.717) is 11.0 Å². The molecule has 1 saturated carbocycles. The molecule has 17 heavy (non-hydrogen) atoms. The van der Waals surface area contributed by atoms with E-state index in [2.05, 4.69) is 10.3 Å².